The van der Waals surface area contributed by atoms with E-state index in [0.717, 1.165) is 5.92 Å². The third-order valence-corrected chi connectivity index (χ3v) is 3.52. The molecule has 0 fully saturated rings. The summed E-state index contributed by atoms with van der Waals surface area (Å²) in [5.41, 5.74) is 1.46. The highest BCUT2D eigenvalue weighted by atomic mass is 32.2. The highest BCUT2D eigenvalue weighted by molar-refractivity contribution is 8.03. The van der Waals surface area contributed by atoms with Gasteiger partial charge in [-0.05, 0) is 29.7 Å². The van der Waals surface area contributed by atoms with Crippen molar-refractivity contribution in [2.75, 3.05) is 5.75 Å². The molecule has 0 aromatic heterocycles. The van der Waals surface area contributed by atoms with E-state index in [1.807, 2.05) is 11.8 Å². The van der Waals surface area contributed by atoms with Gasteiger partial charge in [0, 0.05) is 5.75 Å². The smallest absolute Gasteiger partial charge is 0.00432 e. The summed E-state index contributed by atoms with van der Waals surface area (Å²) in [4.78, 5) is 1.49. The summed E-state index contributed by atoms with van der Waals surface area (Å²) < 4.78 is 0. The van der Waals surface area contributed by atoms with Gasteiger partial charge in [-0.25, -0.2) is 0 Å². The van der Waals surface area contributed by atoms with E-state index in [0.29, 0.717) is 0 Å². The predicted molar refractivity (Wildman–Crippen MR) is 59.9 cm³/mol. The van der Waals surface area contributed by atoms with Crippen molar-refractivity contribution >= 4 is 11.8 Å². The monoisotopic (exact) mass is 190 g/mol. The van der Waals surface area contributed by atoms with Crippen molar-refractivity contribution in [3.8, 4) is 0 Å². The maximum absolute atomic E-state index is 2.40. The maximum Gasteiger partial charge on any atom is 0.00432 e. The Bertz CT molecular complexity index is 300. The van der Waals surface area contributed by atoms with Crippen molar-refractivity contribution in [3.63, 3.8) is 0 Å². The first-order valence-corrected chi connectivity index (χ1v) is 5.68. The Kier molecular flexibility index (Phi) is 2.74. The lowest BCUT2D eigenvalue weighted by Gasteiger charge is -2.05. The van der Waals surface area contributed by atoms with Crippen molar-refractivity contribution < 1.29 is 0 Å². The first kappa shape index (κ1) is 8.89. The molecule has 0 saturated heterocycles. The van der Waals surface area contributed by atoms with Gasteiger partial charge in [-0.1, -0.05) is 36.4 Å². The number of hydrogen-bond acceptors (Lipinski definition) is 1. The highest BCUT2D eigenvalue weighted by Crippen LogP contribution is 2.30. The van der Waals surface area contributed by atoms with E-state index in [1.54, 1.807) is 0 Å². The van der Waals surface area contributed by atoms with Crippen LogP contribution in [0.4, 0.5) is 0 Å². The average molecular weight is 190 g/mol. The van der Waals surface area contributed by atoms with Crippen molar-refractivity contribution in [3.05, 3.63) is 46.9 Å². The Morgan fingerprint density at radius 1 is 1.31 bits per heavy atom. The van der Waals surface area contributed by atoms with Crippen molar-refractivity contribution in [1.29, 1.82) is 0 Å². The Hall–Kier alpha value is -0.690. The van der Waals surface area contributed by atoms with E-state index in [4.69, 9.17) is 0 Å². The maximum atomic E-state index is 2.40. The topological polar surface area (TPSA) is 0 Å². The van der Waals surface area contributed by atoms with Crippen LogP contribution in [0.3, 0.4) is 0 Å². The van der Waals surface area contributed by atoms with E-state index in [2.05, 4.69) is 43.3 Å². The molecule has 0 spiro atoms. The second kappa shape index (κ2) is 4.01. The molecule has 1 atom stereocenters. The average Bonchev–Trinajstić information content (AvgIpc) is 2.53. The summed E-state index contributed by atoms with van der Waals surface area (Å²) in [5.74, 6) is 2.02. The first-order chi connectivity index (χ1) is 6.34. The molecule has 1 aliphatic rings. The molecular weight excluding hydrogens is 176 g/mol. The Morgan fingerprint density at radius 3 is 2.69 bits per heavy atom. The molecule has 1 aromatic rings. The molecule has 1 aromatic carbocycles. The molecule has 0 nitrogen and oxygen atoms in total. The fourth-order valence-electron chi connectivity index (χ4n) is 1.70. The molecule has 0 aliphatic carbocycles. The molecule has 13 heavy (non-hydrogen) atoms. The number of thioether (sulfide) groups is 1. The molecule has 0 amide bonds. The Labute approximate surface area is 84.0 Å². The van der Waals surface area contributed by atoms with Gasteiger partial charge < -0.3 is 0 Å². The van der Waals surface area contributed by atoms with Crippen LogP contribution in [0.1, 0.15) is 12.5 Å². The van der Waals surface area contributed by atoms with Gasteiger partial charge in [0.1, 0.15) is 0 Å². The second-order valence-corrected chi connectivity index (χ2v) is 4.80. The summed E-state index contributed by atoms with van der Waals surface area (Å²) in [7, 11) is 0. The third kappa shape index (κ3) is 2.38. The molecule has 0 N–H and O–H groups in total. The molecular formula is C12H14S. The molecule has 0 saturated carbocycles. The standard InChI is InChI=1S/C12H14S/c1-10-7-12(9-13-10)8-11-5-3-2-4-6-11/h2-7,12H,8-9H2,1H3. The Balaban J connectivity index is 2.00. The molecule has 1 unspecified atom stereocenters. The highest BCUT2D eigenvalue weighted by Gasteiger charge is 2.13. The second-order valence-electron chi connectivity index (χ2n) is 3.54. The lowest BCUT2D eigenvalue weighted by molar-refractivity contribution is 0.743. The van der Waals surface area contributed by atoms with Crippen LogP contribution in [-0.2, 0) is 6.42 Å². The zero-order chi connectivity index (χ0) is 9.10. The minimum absolute atomic E-state index is 0.757. The van der Waals surface area contributed by atoms with Crippen LogP contribution in [0.5, 0.6) is 0 Å². The Morgan fingerprint density at radius 2 is 2.08 bits per heavy atom. The summed E-state index contributed by atoms with van der Waals surface area (Å²) in [6, 6.07) is 10.7. The van der Waals surface area contributed by atoms with Crippen LogP contribution in [-0.4, -0.2) is 5.75 Å². The van der Waals surface area contributed by atoms with Crippen LogP contribution in [0.25, 0.3) is 0 Å². The van der Waals surface area contributed by atoms with E-state index >= 15 is 0 Å². The van der Waals surface area contributed by atoms with Gasteiger partial charge in [-0.3, -0.25) is 0 Å². The largest absolute Gasteiger partial charge is 0.131 e. The van der Waals surface area contributed by atoms with E-state index in [-0.39, 0.29) is 0 Å². The number of benzene rings is 1. The van der Waals surface area contributed by atoms with Crippen LogP contribution < -0.4 is 0 Å². The molecule has 0 radical (unpaired) electrons. The number of rotatable bonds is 2. The first-order valence-electron chi connectivity index (χ1n) is 4.70. The molecule has 1 heterocycles. The van der Waals surface area contributed by atoms with Gasteiger partial charge in [0.2, 0.25) is 0 Å². The van der Waals surface area contributed by atoms with Gasteiger partial charge >= 0.3 is 0 Å². The predicted octanol–water partition coefficient (Wildman–Crippen LogP) is 3.50. The van der Waals surface area contributed by atoms with Crippen LogP contribution in [0.15, 0.2) is 41.3 Å². The summed E-state index contributed by atoms with van der Waals surface area (Å²) in [6.45, 7) is 2.20. The van der Waals surface area contributed by atoms with Gasteiger partial charge in [-0.15, -0.1) is 11.8 Å². The lowest BCUT2D eigenvalue weighted by atomic mass is 10.0. The minimum Gasteiger partial charge on any atom is -0.131 e. The van der Waals surface area contributed by atoms with Gasteiger partial charge in [-0.2, -0.15) is 0 Å². The van der Waals surface area contributed by atoms with E-state index < -0.39 is 0 Å². The summed E-state index contributed by atoms with van der Waals surface area (Å²) in [5, 5.41) is 0. The zero-order valence-electron chi connectivity index (χ0n) is 7.86. The van der Waals surface area contributed by atoms with Crippen molar-refractivity contribution in [2.45, 2.75) is 13.3 Å². The summed E-state index contributed by atoms with van der Waals surface area (Å²) in [6.07, 6.45) is 3.60. The fraction of sp³-hybridized carbons (Fsp3) is 0.333. The van der Waals surface area contributed by atoms with Crippen molar-refractivity contribution in [1.82, 2.24) is 0 Å². The SMILES string of the molecule is CC1=CC(Cc2ccccc2)CS1. The van der Waals surface area contributed by atoms with E-state index in [1.165, 1.54) is 22.6 Å². The van der Waals surface area contributed by atoms with Crippen LogP contribution >= 0.6 is 11.8 Å². The third-order valence-electron chi connectivity index (χ3n) is 2.34. The number of allylic oxidation sites excluding steroid dienone is 2. The lowest BCUT2D eigenvalue weighted by Crippen LogP contribution is -2.00. The quantitative estimate of drug-likeness (QED) is 0.688. The van der Waals surface area contributed by atoms with E-state index in [9.17, 15) is 0 Å². The molecule has 2 rings (SSSR count). The molecule has 68 valence electrons. The zero-order valence-corrected chi connectivity index (χ0v) is 8.68. The normalized spacial score (nSPS) is 21.6. The molecule has 1 aliphatic heterocycles. The van der Waals surface area contributed by atoms with Crippen molar-refractivity contribution in [2.24, 2.45) is 5.92 Å². The molecule has 0 bridgehead atoms. The van der Waals surface area contributed by atoms with Gasteiger partial charge in [0.15, 0.2) is 0 Å². The van der Waals surface area contributed by atoms with Gasteiger partial charge in [0.05, 0.1) is 0 Å². The molecule has 1 heteroatoms. The van der Waals surface area contributed by atoms with Crippen LogP contribution in [0.2, 0.25) is 0 Å². The summed E-state index contributed by atoms with van der Waals surface area (Å²) >= 11 is 1.99. The van der Waals surface area contributed by atoms with Crippen LogP contribution in [0, 0.1) is 5.92 Å². The number of hydrogen-bond donors (Lipinski definition) is 0. The minimum atomic E-state index is 0.757. The van der Waals surface area contributed by atoms with Gasteiger partial charge in [0.25, 0.3) is 0 Å². The fourth-order valence-corrected chi connectivity index (χ4v) is 2.68.